The molecule has 18 heavy (non-hydrogen) atoms. The second kappa shape index (κ2) is 8.95. The smallest absolute Gasteiger partial charge is 0.119 e. The summed E-state index contributed by atoms with van der Waals surface area (Å²) in [4.78, 5) is 0. The zero-order valence-electron chi connectivity index (χ0n) is 11.5. The molecule has 0 aliphatic heterocycles. The van der Waals surface area contributed by atoms with Gasteiger partial charge in [0.2, 0.25) is 0 Å². The average molecular weight is 251 g/mol. The Bertz CT molecular complexity index is 309. The summed E-state index contributed by atoms with van der Waals surface area (Å²) in [5, 5.41) is 0. The van der Waals surface area contributed by atoms with E-state index in [9.17, 15) is 0 Å². The first-order valence-corrected chi connectivity index (χ1v) is 6.72. The van der Waals surface area contributed by atoms with Crippen LogP contribution in [0.25, 0.3) is 0 Å². The molecular formula is C15H25NO2. The minimum absolute atomic E-state index is 0.573. The lowest BCUT2D eigenvalue weighted by Gasteiger charge is -2.08. The van der Waals surface area contributed by atoms with Gasteiger partial charge in [0.1, 0.15) is 5.75 Å². The summed E-state index contributed by atoms with van der Waals surface area (Å²) in [6.45, 7) is 7.30. The van der Waals surface area contributed by atoms with E-state index in [1.807, 2.05) is 24.3 Å². The minimum Gasteiger partial charge on any atom is -0.494 e. The molecule has 0 atom stereocenters. The summed E-state index contributed by atoms with van der Waals surface area (Å²) < 4.78 is 11.1. The lowest BCUT2D eigenvalue weighted by Crippen LogP contribution is -2.05. The van der Waals surface area contributed by atoms with Crippen LogP contribution >= 0.6 is 0 Å². The fourth-order valence-electron chi connectivity index (χ4n) is 1.49. The maximum Gasteiger partial charge on any atom is 0.119 e. The standard InChI is InChI=1S/C15H25NO2/c1-13(2)8-11-17-9-3-10-18-15-6-4-14(12-16)5-7-15/h4-7,13H,3,8-12,16H2,1-2H3. The maximum absolute atomic E-state index is 5.61. The van der Waals surface area contributed by atoms with E-state index in [1.54, 1.807) is 0 Å². The highest BCUT2D eigenvalue weighted by atomic mass is 16.5. The Hall–Kier alpha value is -1.06. The van der Waals surface area contributed by atoms with E-state index in [4.69, 9.17) is 15.2 Å². The van der Waals surface area contributed by atoms with E-state index in [-0.39, 0.29) is 0 Å². The molecule has 0 aliphatic carbocycles. The minimum atomic E-state index is 0.573. The lowest BCUT2D eigenvalue weighted by atomic mass is 10.1. The van der Waals surface area contributed by atoms with E-state index in [0.717, 1.165) is 37.4 Å². The van der Waals surface area contributed by atoms with E-state index >= 15 is 0 Å². The Morgan fingerprint density at radius 1 is 1.06 bits per heavy atom. The summed E-state index contributed by atoms with van der Waals surface area (Å²) >= 11 is 0. The third-order valence-corrected chi connectivity index (χ3v) is 2.70. The number of hydrogen-bond donors (Lipinski definition) is 1. The third kappa shape index (κ3) is 6.62. The van der Waals surface area contributed by atoms with Gasteiger partial charge in [0.05, 0.1) is 6.61 Å². The zero-order valence-corrected chi connectivity index (χ0v) is 11.5. The van der Waals surface area contributed by atoms with Crippen molar-refractivity contribution in [1.29, 1.82) is 0 Å². The van der Waals surface area contributed by atoms with Crippen molar-refractivity contribution in [2.75, 3.05) is 19.8 Å². The van der Waals surface area contributed by atoms with Gasteiger partial charge in [-0.1, -0.05) is 26.0 Å². The van der Waals surface area contributed by atoms with Crippen LogP contribution in [0.15, 0.2) is 24.3 Å². The first-order chi connectivity index (χ1) is 8.72. The summed E-state index contributed by atoms with van der Waals surface area (Å²) in [6.07, 6.45) is 2.05. The van der Waals surface area contributed by atoms with Crippen molar-refractivity contribution in [2.24, 2.45) is 11.7 Å². The van der Waals surface area contributed by atoms with Crippen LogP contribution in [0.2, 0.25) is 0 Å². The maximum atomic E-state index is 5.61. The third-order valence-electron chi connectivity index (χ3n) is 2.70. The zero-order chi connectivity index (χ0) is 13.2. The van der Waals surface area contributed by atoms with Gasteiger partial charge in [0, 0.05) is 26.2 Å². The molecule has 0 saturated heterocycles. The predicted octanol–water partition coefficient (Wildman–Crippen LogP) is 2.98. The van der Waals surface area contributed by atoms with Crippen molar-refractivity contribution in [2.45, 2.75) is 33.2 Å². The summed E-state index contributed by atoms with van der Waals surface area (Å²) in [6, 6.07) is 7.91. The molecule has 0 aromatic heterocycles. The van der Waals surface area contributed by atoms with Crippen molar-refractivity contribution >= 4 is 0 Å². The Kier molecular flexibility index (Phi) is 7.46. The van der Waals surface area contributed by atoms with Gasteiger partial charge in [-0.05, 0) is 30.0 Å². The monoisotopic (exact) mass is 251 g/mol. The van der Waals surface area contributed by atoms with Crippen LogP contribution in [0.5, 0.6) is 5.75 Å². The van der Waals surface area contributed by atoms with Gasteiger partial charge in [0.25, 0.3) is 0 Å². The van der Waals surface area contributed by atoms with Crippen LogP contribution < -0.4 is 10.5 Å². The van der Waals surface area contributed by atoms with Crippen LogP contribution in [0, 0.1) is 5.92 Å². The fourth-order valence-corrected chi connectivity index (χ4v) is 1.49. The van der Waals surface area contributed by atoms with Crippen LogP contribution in [0.1, 0.15) is 32.3 Å². The highest BCUT2D eigenvalue weighted by molar-refractivity contribution is 5.26. The van der Waals surface area contributed by atoms with Crippen LogP contribution in [0.4, 0.5) is 0 Å². The molecule has 1 aromatic rings. The molecule has 0 spiro atoms. The topological polar surface area (TPSA) is 44.5 Å². The summed E-state index contributed by atoms with van der Waals surface area (Å²) in [7, 11) is 0. The molecular weight excluding hydrogens is 226 g/mol. The lowest BCUT2D eigenvalue weighted by molar-refractivity contribution is 0.110. The molecule has 0 saturated carbocycles. The molecule has 0 bridgehead atoms. The van der Waals surface area contributed by atoms with E-state index in [2.05, 4.69) is 13.8 Å². The van der Waals surface area contributed by atoms with Crippen molar-refractivity contribution in [3.8, 4) is 5.75 Å². The number of nitrogens with two attached hydrogens (primary N) is 1. The first kappa shape index (κ1) is 15.0. The van der Waals surface area contributed by atoms with Gasteiger partial charge < -0.3 is 15.2 Å². The predicted molar refractivity (Wildman–Crippen MR) is 74.7 cm³/mol. The highest BCUT2D eigenvalue weighted by Crippen LogP contribution is 2.11. The molecule has 2 N–H and O–H groups in total. The average Bonchev–Trinajstić information content (AvgIpc) is 2.38. The van der Waals surface area contributed by atoms with E-state index in [1.165, 1.54) is 0 Å². The number of ether oxygens (including phenoxy) is 2. The van der Waals surface area contributed by atoms with Crippen molar-refractivity contribution in [3.63, 3.8) is 0 Å². The quantitative estimate of drug-likeness (QED) is 0.686. The van der Waals surface area contributed by atoms with Crippen LogP contribution in [-0.4, -0.2) is 19.8 Å². The van der Waals surface area contributed by atoms with E-state index in [0.29, 0.717) is 19.1 Å². The molecule has 0 unspecified atom stereocenters. The van der Waals surface area contributed by atoms with Crippen LogP contribution in [-0.2, 0) is 11.3 Å². The molecule has 0 fully saturated rings. The van der Waals surface area contributed by atoms with Crippen molar-refractivity contribution in [1.82, 2.24) is 0 Å². The number of rotatable bonds is 9. The molecule has 0 radical (unpaired) electrons. The Morgan fingerprint density at radius 2 is 1.78 bits per heavy atom. The Balaban J connectivity index is 2.03. The first-order valence-electron chi connectivity index (χ1n) is 6.72. The molecule has 0 amide bonds. The molecule has 1 aromatic carbocycles. The van der Waals surface area contributed by atoms with Gasteiger partial charge >= 0.3 is 0 Å². The molecule has 3 nitrogen and oxygen atoms in total. The second-order valence-electron chi connectivity index (χ2n) is 4.84. The van der Waals surface area contributed by atoms with Gasteiger partial charge in [0.15, 0.2) is 0 Å². The van der Waals surface area contributed by atoms with Crippen LogP contribution in [0.3, 0.4) is 0 Å². The number of hydrogen-bond acceptors (Lipinski definition) is 3. The molecule has 1 rings (SSSR count). The SMILES string of the molecule is CC(C)CCOCCCOc1ccc(CN)cc1. The second-order valence-corrected chi connectivity index (χ2v) is 4.84. The van der Waals surface area contributed by atoms with Gasteiger partial charge in [-0.3, -0.25) is 0 Å². The summed E-state index contributed by atoms with van der Waals surface area (Å²) in [5.41, 5.74) is 6.66. The van der Waals surface area contributed by atoms with Crippen molar-refractivity contribution < 1.29 is 9.47 Å². The van der Waals surface area contributed by atoms with Gasteiger partial charge in [-0.15, -0.1) is 0 Å². The van der Waals surface area contributed by atoms with Gasteiger partial charge in [-0.2, -0.15) is 0 Å². The van der Waals surface area contributed by atoms with Gasteiger partial charge in [-0.25, -0.2) is 0 Å². The molecule has 0 heterocycles. The Morgan fingerprint density at radius 3 is 2.39 bits per heavy atom. The molecule has 102 valence electrons. The Labute approximate surface area is 110 Å². The highest BCUT2D eigenvalue weighted by Gasteiger charge is 1.96. The largest absolute Gasteiger partial charge is 0.494 e. The molecule has 0 aliphatic rings. The summed E-state index contributed by atoms with van der Waals surface area (Å²) in [5.74, 6) is 1.61. The van der Waals surface area contributed by atoms with E-state index < -0.39 is 0 Å². The van der Waals surface area contributed by atoms with Crippen molar-refractivity contribution in [3.05, 3.63) is 29.8 Å². The number of benzene rings is 1. The normalized spacial score (nSPS) is 10.9. The molecule has 3 heteroatoms. The fraction of sp³-hybridized carbons (Fsp3) is 0.600.